The number of aliphatic carboxylic acids is 1. The molecule has 0 bridgehead atoms. The Morgan fingerprint density at radius 1 is 1.41 bits per heavy atom. The molecule has 2 aromatic rings. The maximum atomic E-state index is 11.8. The second kappa shape index (κ2) is 7.21. The minimum atomic E-state index is -1.05. The minimum Gasteiger partial charge on any atom is -0.497 e. The van der Waals surface area contributed by atoms with Gasteiger partial charge in [0.15, 0.2) is 12.4 Å². The van der Waals surface area contributed by atoms with Gasteiger partial charge in [0.05, 0.1) is 13.3 Å². The molecule has 0 unspecified atom stereocenters. The summed E-state index contributed by atoms with van der Waals surface area (Å²) in [6.07, 6.45) is 2.15. The summed E-state index contributed by atoms with van der Waals surface area (Å²) >= 11 is 0. The largest absolute Gasteiger partial charge is 0.497 e. The molecule has 0 atom stereocenters. The Morgan fingerprint density at radius 2 is 2.23 bits per heavy atom. The number of nitrogens with zero attached hydrogens (tertiary/aromatic N) is 3. The van der Waals surface area contributed by atoms with Crippen LogP contribution in [-0.2, 0) is 22.6 Å². The summed E-state index contributed by atoms with van der Waals surface area (Å²) in [4.78, 5) is 23.3. The number of methoxy groups -OCH3 is 1. The summed E-state index contributed by atoms with van der Waals surface area (Å²) in [6, 6.07) is 7.49. The van der Waals surface area contributed by atoms with Crippen molar-refractivity contribution in [3.05, 3.63) is 36.0 Å². The fraction of sp³-hybridized carbons (Fsp3) is 0.286. The Bertz CT molecular complexity index is 668. The number of anilines is 1. The van der Waals surface area contributed by atoms with Crippen molar-refractivity contribution < 1.29 is 19.4 Å². The summed E-state index contributed by atoms with van der Waals surface area (Å²) in [5.74, 6) is -0.289. The van der Waals surface area contributed by atoms with Crippen molar-refractivity contribution in [1.29, 1.82) is 0 Å². The van der Waals surface area contributed by atoms with E-state index in [1.807, 2.05) is 24.3 Å². The molecule has 1 amide bonds. The summed E-state index contributed by atoms with van der Waals surface area (Å²) in [7, 11) is 1.59. The average molecular weight is 304 g/mol. The number of amides is 1. The zero-order valence-corrected chi connectivity index (χ0v) is 12.0. The van der Waals surface area contributed by atoms with Crippen LogP contribution in [0.5, 0.6) is 5.75 Å². The van der Waals surface area contributed by atoms with E-state index in [2.05, 4.69) is 15.5 Å². The molecule has 1 aromatic heterocycles. The molecule has 8 nitrogen and oxygen atoms in total. The van der Waals surface area contributed by atoms with Crippen LogP contribution in [0.1, 0.15) is 12.0 Å². The number of rotatable bonds is 7. The highest BCUT2D eigenvalue weighted by Crippen LogP contribution is 2.14. The van der Waals surface area contributed by atoms with E-state index in [0.29, 0.717) is 6.42 Å². The van der Waals surface area contributed by atoms with Gasteiger partial charge in [-0.05, 0) is 24.1 Å². The number of carboxylic acids is 1. The Morgan fingerprint density at radius 3 is 2.95 bits per heavy atom. The number of ether oxygens (including phenoxy) is 1. The zero-order chi connectivity index (χ0) is 15.9. The predicted molar refractivity (Wildman–Crippen MR) is 77.6 cm³/mol. The van der Waals surface area contributed by atoms with Crippen LogP contribution in [0.2, 0.25) is 0 Å². The van der Waals surface area contributed by atoms with Crippen LogP contribution < -0.4 is 10.1 Å². The maximum absolute atomic E-state index is 11.8. The van der Waals surface area contributed by atoms with E-state index in [1.54, 1.807) is 7.11 Å². The first-order valence-electron chi connectivity index (χ1n) is 6.61. The number of hydrogen-bond donors (Lipinski definition) is 2. The molecular formula is C14H16N4O4. The highest BCUT2D eigenvalue weighted by Gasteiger charge is 2.08. The van der Waals surface area contributed by atoms with Crippen LogP contribution in [0.15, 0.2) is 30.5 Å². The fourth-order valence-electron chi connectivity index (χ4n) is 1.84. The van der Waals surface area contributed by atoms with Gasteiger partial charge in [0.2, 0.25) is 5.91 Å². The third-order valence-electron chi connectivity index (χ3n) is 2.86. The van der Waals surface area contributed by atoms with Crippen LogP contribution >= 0.6 is 0 Å². The lowest BCUT2D eigenvalue weighted by Crippen LogP contribution is -2.14. The Kier molecular flexibility index (Phi) is 5.07. The monoisotopic (exact) mass is 304 g/mol. The van der Waals surface area contributed by atoms with Gasteiger partial charge in [0, 0.05) is 6.42 Å². The highest BCUT2D eigenvalue weighted by molar-refractivity contribution is 5.89. The van der Waals surface area contributed by atoms with Gasteiger partial charge in [-0.25, -0.2) is 0 Å². The highest BCUT2D eigenvalue weighted by atomic mass is 16.5. The van der Waals surface area contributed by atoms with Crippen molar-refractivity contribution in [2.75, 3.05) is 12.4 Å². The second-order valence-electron chi connectivity index (χ2n) is 4.55. The number of aryl methyl sites for hydroxylation is 1. The van der Waals surface area contributed by atoms with Crippen molar-refractivity contribution >= 4 is 17.7 Å². The lowest BCUT2D eigenvalue weighted by Gasteiger charge is -2.04. The Labute approximate surface area is 126 Å². The van der Waals surface area contributed by atoms with Crippen LogP contribution in [0.4, 0.5) is 5.82 Å². The molecule has 116 valence electrons. The molecule has 0 aliphatic carbocycles. The number of aromatic nitrogens is 3. The van der Waals surface area contributed by atoms with Gasteiger partial charge in [-0.3, -0.25) is 9.59 Å². The van der Waals surface area contributed by atoms with E-state index >= 15 is 0 Å². The van der Waals surface area contributed by atoms with Gasteiger partial charge in [-0.2, -0.15) is 9.90 Å². The van der Waals surface area contributed by atoms with E-state index < -0.39 is 5.97 Å². The number of nitrogens with one attached hydrogen (secondary N) is 1. The van der Waals surface area contributed by atoms with Gasteiger partial charge in [0.25, 0.3) is 0 Å². The molecule has 0 saturated heterocycles. The predicted octanol–water partition coefficient (Wildman–Crippen LogP) is 0.943. The number of carboxylic acid groups (broad SMARTS) is 1. The molecule has 2 rings (SSSR count). The molecule has 0 saturated carbocycles. The first-order valence-corrected chi connectivity index (χ1v) is 6.61. The van der Waals surface area contributed by atoms with E-state index in [9.17, 15) is 9.59 Å². The number of benzene rings is 1. The van der Waals surface area contributed by atoms with E-state index in [4.69, 9.17) is 9.84 Å². The maximum Gasteiger partial charge on any atom is 0.327 e. The quantitative estimate of drug-likeness (QED) is 0.788. The SMILES string of the molecule is COc1cccc(CCC(=O)Nc2cnn(CC(=O)O)n2)c1. The van der Waals surface area contributed by atoms with Crippen molar-refractivity contribution in [1.82, 2.24) is 15.0 Å². The third-order valence-corrected chi connectivity index (χ3v) is 2.86. The second-order valence-corrected chi connectivity index (χ2v) is 4.55. The van der Waals surface area contributed by atoms with Gasteiger partial charge in [-0.15, -0.1) is 5.10 Å². The standard InChI is InChI=1S/C14H16N4O4/c1-22-11-4-2-3-10(7-11)5-6-13(19)16-12-8-15-18(17-12)9-14(20)21/h2-4,7-8H,5-6,9H2,1H3,(H,20,21)(H,16,17,19). The Hall–Kier alpha value is -2.90. The van der Waals surface area contributed by atoms with Gasteiger partial charge < -0.3 is 15.2 Å². The first kappa shape index (κ1) is 15.5. The number of hydrogen-bond acceptors (Lipinski definition) is 5. The van der Waals surface area contributed by atoms with E-state index in [0.717, 1.165) is 16.1 Å². The molecule has 22 heavy (non-hydrogen) atoms. The first-order chi connectivity index (χ1) is 10.6. The zero-order valence-electron chi connectivity index (χ0n) is 12.0. The summed E-state index contributed by atoms with van der Waals surface area (Å²) in [5.41, 5.74) is 0.990. The normalized spacial score (nSPS) is 10.2. The van der Waals surface area contributed by atoms with Crippen LogP contribution in [0.25, 0.3) is 0 Å². The van der Waals surface area contributed by atoms with Crippen molar-refractivity contribution in [3.63, 3.8) is 0 Å². The Balaban J connectivity index is 1.84. The minimum absolute atomic E-state index is 0.217. The lowest BCUT2D eigenvalue weighted by atomic mass is 10.1. The smallest absolute Gasteiger partial charge is 0.327 e. The number of carbonyl (C=O) groups is 2. The van der Waals surface area contributed by atoms with E-state index in [1.165, 1.54) is 6.20 Å². The molecule has 0 spiro atoms. The molecule has 8 heteroatoms. The van der Waals surface area contributed by atoms with E-state index in [-0.39, 0.29) is 24.7 Å². The lowest BCUT2D eigenvalue weighted by molar-refractivity contribution is -0.138. The molecular weight excluding hydrogens is 288 g/mol. The molecule has 0 aliphatic rings. The molecule has 1 heterocycles. The van der Waals surface area contributed by atoms with Gasteiger partial charge >= 0.3 is 5.97 Å². The van der Waals surface area contributed by atoms with Gasteiger partial charge in [-0.1, -0.05) is 12.1 Å². The van der Waals surface area contributed by atoms with Crippen LogP contribution in [-0.4, -0.2) is 39.1 Å². The summed E-state index contributed by atoms with van der Waals surface area (Å²) in [5, 5.41) is 18.8. The number of carbonyl (C=O) groups excluding carboxylic acids is 1. The topological polar surface area (TPSA) is 106 Å². The average Bonchev–Trinajstić information content (AvgIpc) is 2.91. The van der Waals surface area contributed by atoms with Crippen LogP contribution in [0.3, 0.4) is 0 Å². The van der Waals surface area contributed by atoms with Crippen molar-refractivity contribution in [2.45, 2.75) is 19.4 Å². The summed E-state index contributed by atoms with van der Waals surface area (Å²) in [6.45, 7) is -0.348. The molecule has 0 aliphatic heterocycles. The molecule has 0 fully saturated rings. The molecule has 1 aromatic carbocycles. The van der Waals surface area contributed by atoms with Crippen molar-refractivity contribution in [2.24, 2.45) is 0 Å². The molecule has 2 N–H and O–H groups in total. The third kappa shape index (κ3) is 4.58. The van der Waals surface area contributed by atoms with Gasteiger partial charge in [0.1, 0.15) is 5.75 Å². The molecule has 0 radical (unpaired) electrons. The van der Waals surface area contributed by atoms with Crippen LogP contribution in [0, 0.1) is 0 Å². The van der Waals surface area contributed by atoms with Crippen molar-refractivity contribution in [3.8, 4) is 5.75 Å². The fourth-order valence-corrected chi connectivity index (χ4v) is 1.84. The summed E-state index contributed by atoms with van der Waals surface area (Å²) < 4.78 is 5.12.